The maximum absolute atomic E-state index is 12.6. The number of nitrogens with zero attached hydrogens (tertiary/aromatic N) is 1. The predicted molar refractivity (Wildman–Crippen MR) is 79.9 cm³/mol. The third-order valence-electron chi connectivity index (χ3n) is 5.45. The Morgan fingerprint density at radius 3 is 2.57 bits per heavy atom. The van der Waals surface area contributed by atoms with Crippen molar-refractivity contribution in [3.05, 3.63) is 0 Å². The SMILES string of the molecule is O=C1C[C@@H]2CCC[C@H](CN1)[NH+]2CC(=O)N1CCCCCC1. The summed E-state index contributed by atoms with van der Waals surface area (Å²) in [5.41, 5.74) is 0. The molecule has 118 valence electrons. The fraction of sp³-hybridized carbons (Fsp3) is 0.875. The van der Waals surface area contributed by atoms with Crippen LogP contribution in [0.4, 0.5) is 0 Å². The highest BCUT2D eigenvalue weighted by atomic mass is 16.2. The van der Waals surface area contributed by atoms with E-state index in [0.717, 1.165) is 45.3 Å². The summed E-state index contributed by atoms with van der Waals surface area (Å²) in [6.45, 7) is 3.19. The second-order valence-electron chi connectivity index (χ2n) is 6.88. The lowest BCUT2D eigenvalue weighted by Crippen LogP contribution is -3.21. The van der Waals surface area contributed by atoms with Crippen LogP contribution in [0.1, 0.15) is 51.4 Å². The van der Waals surface area contributed by atoms with E-state index in [1.54, 1.807) is 0 Å². The average Bonchev–Trinajstić information content (AvgIpc) is 2.78. The summed E-state index contributed by atoms with van der Waals surface area (Å²) < 4.78 is 0. The van der Waals surface area contributed by atoms with Crippen molar-refractivity contribution < 1.29 is 14.5 Å². The van der Waals surface area contributed by atoms with Crippen molar-refractivity contribution in [2.45, 2.75) is 63.5 Å². The molecule has 0 aromatic rings. The monoisotopic (exact) mass is 294 g/mol. The maximum Gasteiger partial charge on any atom is 0.277 e. The summed E-state index contributed by atoms with van der Waals surface area (Å²) in [7, 11) is 0. The molecule has 3 aliphatic rings. The zero-order valence-electron chi connectivity index (χ0n) is 12.9. The lowest BCUT2D eigenvalue weighted by molar-refractivity contribution is -0.945. The van der Waals surface area contributed by atoms with Crippen LogP contribution in [0, 0.1) is 0 Å². The number of carbonyl (C=O) groups excluding carboxylic acids is 2. The Balaban J connectivity index is 1.64. The first kappa shape index (κ1) is 14.8. The maximum atomic E-state index is 12.6. The molecule has 0 aliphatic carbocycles. The minimum atomic E-state index is 0.170. The zero-order valence-corrected chi connectivity index (χ0v) is 12.9. The van der Waals surface area contributed by atoms with Gasteiger partial charge in [0.25, 0.3) is 5.91 Å². The van der Waals surface area contributed by atoms with E-state index in [9.17, 15) is 9.59 Å². The summed E-state index contributed by atoms with van der Waals surface area (Å²) >= 11 is 0. The van der Waals surface area contributed by atoms with Crippen LogP contribution in [0.2, 0.25) is 0 Å². The molecule has 0 saturated carbocycles. The van der Waals surface area contributed by atoms with Crippen molar-refractivity contribution in [1.82, 2.24) is 10.2 Å². The molecule has 3 atom stereocenters. The highest BCUT2D eigenvalue weighted by Crippen LogP contribution is 2.14. The molecule has 21 heavy (non-hydrogen) atoms. The average molecular weight is 294 g/mol. The van der Waals surface area contributed by atoms with Gasteiger partial charge in [-0.05, 0) is 19.3 Å². The molecule has 3 fully saturated rings. The van der Waals surface area contributed by atoms with Crippen molar-refractivity contribution in [2.75, 3.05) is 26.2 Å². The van der Waals surface area contributed by atoms with Gasteiger partial charge < -0.3 is 15.1 Å². The van der Waals surface area contributed by atoms with Gasteiger partial charge in [0, 0.05) is 25.9 Å². The van der Waals surface area contributed by atoms with Crippen LogP contribution in [0.25, 0.3) is 0 Å². The predicted octanol–water partition coefficient (Wildman–Crippen LogP) is -0.285. The molecule has 2 bridgehead atoms. The van der Waals surface area contributed by atoms with Gasteiger partial charge in [-0.3, -0.25) is 9.59 Å². The fourth-order valence-corrected chi connectivity index (χ4v) is 4.21. The van der Waals surface area contributed by atoms with Gasteiger partial charge in [-0.2, -0.15) is 0 Å². The van der Waals surface area contributed by atoms with Gasteiger partial charge in [0.1, 0.15) is 6.04 Å². The van der Waals surface area contributed by atoms with E-state index < -0.39 is 0 Å². The Hall–Kier alpha value is -1.10. The normalized spacial score (nSPS) is 33.8. The highest BCUT2D eigenvalue weighted by molar-refractivity contribution is 5.78. The Kier molecular flexibility index (Phi) is 4.78. The second-order valence-corrected chi connectivity index (χ2v) is 6.88. The number of piperidine rings is 1. The molecule has 3 aliphatic heterocycles. The molecule has 0 aromatic heterocycles. The number of hydrogen-bond acceptors (Lipinski definition) is 2. The van der Waals surface area contributed by atoms with Crippen LogP contribution < -0.4 is 10.2 Å². The number of hydrogen-bond donors (Lipinski definition) is 2. The van der Waals surface area contributed by atoms with Crippen molar-refractivity contribution in [3.8, 4) is 0 Å². The molecule has 3 heterocycles. The minimum absolute atomic E-state index is 0.170. The molecule has 5 nitrogen and oxygen atoms in total. The Bertz CT molecular complexity index is 391. The van der Waals surface area contributed by atoms with Crippen LogP contribution in [-0.2, 0) is 9.59 Å². The third kappa shape index (κ3) is 3.57. The number of likely N-dealkylation sites (tertiary alicyclic amines) is 1. The molecular weight excluding hydrogens is 266 g/mol. The first-order chi connectivity index (χ1) is 10.2. The van der Waals surface area contributed by atoms with E-state index in [4.69, 9.17) is 0 Å². The van der Waals surface area contributed by atoms with Gasteiger partial charge >= 0.3 is 0 Å². The summed E-state index contributed by atoms with van der Waals surface area (Å²) in [6.07, 6.45) is 8.83. The topological polar surface area (TPSA) is 53.9 Å². The van der Waals surface area contributed by atoms with E-state index in [1.165, 1.54) is 24.2 Å². The molecule has 2 amide bonds. The van der Waals surface area contributed by atoms with Crippen LogP contribution in [0.3, 0.4) is 0 Å². The van der Waals surface area contributed by atoms with Crippen molar-refractivity contribution in [3.63, 3.8) is 0 Å². The van der Waals surface area contributed by atoms with Crippen LogP contribution in [0.5, 0.6) is 0 Å². The van der Waals surface area contributed by atoms with E-state index in [0.29, 0.717) is 31.0 Å². The van der Waals surface area contributed by atoms with E-state index in [-0.39, 0.29) is 5.91 Å². The zero-order chi connectivity index (χ0) is 14.7. The number of fused-ring (bicyclic) bond motifs is 2. The van der Waals surface area contributed by atoms with Gasteiger partial charge in [-0.15, -0.1) is 0 Å². The molecule has 3 saturated heterocycles. The summed E-state index contributed by atoms with van der Waals surface area (Å²) in [6, 6.07) is 0.785. The molecule has 3 rings (SSSR count). The number of carbonyl (C=O) groups is 2. The Morgan fingerprint density at radius 1 is 1.10 bits per heavy atom. The van der Waals surface area contributed by atoms with Crippen molar-refractivity contribution in [1.29, 1.82) is 0 Å². The Labute approximate surface area is 127 Å². The fourth-order valence-electron chi connectivity index (χ4n) is 4.21. The van der Waals surface area contributed by atoms with E-state index in [2.05, 4.69) is 10.2 Å². The molecule has 0 spiro atoms. The number of quaternary nitrogens is 1. The second kappa shape index (κ2) is 6.77. The number of rotatable bonds is 2. The molecule has 0 aromatic carbocycles. The van der Waals surface area contributed by atoms with Crippen molar-refractivity contribution >= 4 is 11.8 Å². The summed E-state index contributed by atoms with van der Waals surface area (Å²) in [5, 5.41) is 3.02. The van der Waals surface area contributed by atoms with E-state index in [1.807, 2.05) is 0 Å². The van der Waals surface area contributed by atoms with Crippen LogP contribution in [0.15, 0.2) is 0 Å². The molecule has 2 N–H and O–H groups in total. The first-order valence-corrected chi connectivity index (χ1v) is 8.64. The molecule has 5 heteroatoms. The van der Waals surface area contributed by atoms with E-state index >= 15 is 0 Å². The van der Waals surface area contributed by atoms with Gasteiger partial charge in [-0.1, -0.05) is 12.8 Å². The number of amides is 2. The van der Waals surface area contributed by atoms with Crippen LogP contribution >= 0.6 is 0 Å². The first-order valence-electron chi connectivity index (χ1n) is 8.64. The minimum Gasteiger partial charge on any atom is -0.350 e. The summed E-state index contributed by atoms with van der Waals surface area (Å²) in [4.78, 5) is 27.9. The standard InChI is InChI=1S/C16H27N3O2/c20-15-10-13-6-5-7-14(11-17-15)19(13)12-16(21)18-8-3-1-2-4-9-18/h13-14H,1-12H2,(H,17,20)/p+1/t13-,14+/m0/s1. The molecule has 1 unspecified atom stereocenters. The smallest absolute Gasteiger partial charge is 0.277 e. The van der Waals surface area contributed by atoms with Gasteiger partial charge in [-0.25, -0.2) is 0 Å². The lowest BCUT2D eigenvalue weighted by atomic mass is 9.94. The van der Waals surface area contributed by atoms with Gasteiger partial charge in [0.2, 0.25) is 5.91 Å². The molecule has 0 radical (unpaired) electrons. The largest absolute Gasteiger partial charge is 0.350 e. The molecular formula is C16H28N3O2+. The van der Waals surface area contributed by atoms with Crippen LogP contribution in [-0.4, -0.2) is 55.0 Å². The third-order valence-corrected chi connectivity index (χ3v) is 5.45. The van der Waals surface area contributed by atoms with Crippen molar-refractivity contribution in [2.24, 2.45) is 0 Å². The quantitative estimate of drug-likeness (QED) is 0.736. The summed E-state index contributed by atoms with van der Waals surface area (Å²) in [5.74, 6) is 0.474. The van der Waals surface area contributed by atoms with Gasteiger partial charge in [0.05, 0.1) is 19.0 Å². The van der Waals surface area contributed by atoms with Gasteiger partial charge in [0.15, 0.2) is 6.54 Å². The number of nitrogens with one attached hydrogen (secondary N) is 2. The lowest BCUT2D eigenvalue weighted by Gasteiger charge is -2.37. The highest BCUT2D eigenvalue weighted by Gasteiger charge is 2.40. The Morgan fingerprint density at radius 2 is 1.81 bits per heavy atom.